The van der Waals surface area contributed by atoms with Gasteiger partial charge < -0.3 is 9.80 Å². The molecule has 2 aromatic carbocycles. The van der Waals surface area contributed by atoms with Gasteiger partial charge in [0.25, 0.3) is 0 Å². The van der Waals surface area contributed by atoms with Gasteiger partial charge in [-0.15, -0.1) is 0 Å². The average Bonchev–Trinajstić information content (AvgIpc) is 2.74. The van der Waals surface area contributed by atoms with E-state index in [0.717, 1.165) is 0 Å². The zero-order chi connectivity index (χ0) is 22.3. The predicted octanol–water partition coefficient (Wildman–Crippen LogP) is 5.02. The molecule has 4 rings (SSSR count). The summed E-state index contributed by atoms with van der Waals surface area (Å²) in [7, 11) is 0. The highest BCUT2D eigenvalue weighted by atomic mass is 35.5. The third kappa shape index (κ3) is 3.83. The van der Waals surface area contributed by atoms with Gasteiger partial charge in [0.1, 0.15) is 23.5 Å². The van der Waals surface area contributed by atoms with Crippen molar-refractivity contribution in [2.24, 2.45) is 0 Å². The summed E-state index contributed by atoms with van der Waals surface area (Å²) in [6, 6.07) is 6.31. The minimum Gasteiger partial charge on any atom is -0.352 e. The molecule has 0 aliphatic carbocycles. The fourth-order valence-electron chi connectivity index (χ4n) is 4.12. The lowest BCUT2D eigenvalue weighted by atomic mass is 9.91. The summed E-state index contributed by atoms with van der Waals surface area (Å²) in [5.41, 5.74) is 0.949. The first kappa shape index (κ1) is 21.4. The number of carbonyl (C=O) groups excluding carboxylic acids is 1. The van der Waals surface area contributed by atoms with Crippen LogP contribution in [0.5, 0.6) is 0 Å². The highest BCUT2D eigenvalue weighted by molar-refractivity contribution is 6.34. The smallest absolute Gasteiger partial charge is 0.219 e. The largest absolute Gasteiger partial charge is 0.352 e. The number of aromatic nitrogens is 2. The minimum absolute atomic E-state index is 0.0158. The normalized spacial score (nSPS) is 14.5. The first-order valence-corrected chi connectivity index (χ1v) is 10.6. The van der Waals surface area contributed by atoms with Gasteiger partial charge in [0.2, 0.25) is 5.91 Å². The molecule has 5 nitrogen and oxygen atoms in total. The van der Waals surface area contributed by atoms with Crippen LogP contribution in [-0.4, -0.2) is 47.0 Å². The van der Waals surface area contributed by atoms with E-state index in [0.29, 0.717) is 42.9 Å². The van der Waals surface area contributed by atoms with E-state index in [1.54, 1.807) is 30.0 Å². The molecule has 1 aliphatic heterocycles. The van der Waals surface area contributed by atoms with Crippen LogP contribution in [0.4, 0.5) is 14.6 Å². The van der Waals surface area contributed by atoms with Crippen molar-refractivity contribution in [3.05, 3.63) is 52.8 Å². The van der Waals surface area contributed by atoms with Gasteiger partial charge >= 0.3 is 0 Å². The molecule has 8 heteroatoms. The van der Waals surface area contributed by atoms with Gasteiger partial charge in [0, 0.05) is 49.6 Å². The molecule has 0 N–H and O–H groups in total. The van der Waals surface area contributed by atoms with Gasteiger partial charge in [-0.05, 0) is 23.6 Å². The SMILES string of the molecule is CC(=O)N1CCN(c2ncnc3c(F)c(-c4c(F)cccc4C(C)C)c(Cl)cc23)CC1. The fourth-order valence-corrected chi connectivity index (χ4v) is 4.40. The predicted molar refractivity (Wildman–Crippen MR) is 118 cm³/mol. The van der Waals surface area contributed by atoms with E-state index in [9.17, 15) is 9.18 Å². The van der Waals surface area contributed by atoms with Crippen LogP contribution in [-0.2, 0) is 4.79 Å². The van der Waals surface area contributed by atoms with Crippen LogP contribution in [0.15, 0.2) is 30.6 Å². The van der Waals surface area contributed by atoms with Crippen LogP contribution < -0.4 is 4.90 Å². The van der Waals surface area contributed by atoms with E-state index in [4.69, 9.17) is 11.6 Å². The van der Waals surface area contributed by atoms with Crippen LogP contribution >= 0.6 is 11.6 Å². The second kappa shape index (κ2) is 8.38. The van der Waals surface area contributed by atoms with Crippen molar-refractivity contribution >= 4 is 34.2 Å². The standard InChI is InChI=1S/C23H23ClF2N4O/c1-13(2)15-5-4-6-18(25)19(15)20-17(24)11-16-22(21(20)26)27-12-28-23(16)30-9-7-29(8-10-30)14(3)31/h4-6,11-13H,7-10H2,1-3H3. The summed E-state index contributed by atoms with van der Waals surface area (Å²) in [5, 5.41) is 0.572. The highest BCUT2D eigenvalue weighted by Crippen LogP contribution is 2.41. The number of hydrogen-bond acceptors (Lipinski definition) is 4. The highest BCUT2D eigenvalue weighted by Gasteiger charge is 2.26. The van der Waals surface area contributed by atoms with Gasteiger partial charge in [0.05, 0.1) is 5.02 Å². The molecule has 0 radical (unpaired) electrons. The van der Waals surface area contributed by atoms with Crippen molar-refractivity contribution in [3.8, 4) is 11.1 Å². The molecule has 1 amide bonds. The molecule has 1 fully saturated rings. The molecule has 162 valence electrons. The molecule has 31 heavy (non-hydrogen) atoms. The van der Waals surface area contributed by atoms with Crippen molar-refractivity contribution in [2.45, 2.75) is 26.7 Å². The number of fused-ring (bicyclic) bond motifs is 1. The van der Waals surface area contributed by atoms with Gasteiger partial charge in [-0.2, -0.15) is 0 Å². The van der Waals surface area contributed by atoms with E-state index < -0.39 is 11.6 Å². The van der Waals surface area contributed by atoms with E-state index >= 15 is 4.39 Å². The molecule has 1 saturated heterocycles. The van der Waals surface area contributed by atoms with E-state index in [1.807, 2.05) is 18.7 Å². The number of rotatable bonds is 3. The van der Waals surface area contributed by atoms with Crippen LogP contribution in [0, 0.1) is 11.6 Å². The van der Waals surface area contributed by atoms with Crippen molar-refractivity contribution < 1.29 is 13.6 Å². The Bertz CT molecular complexity index is 1160. The van der Waals surface area contributed by atoms with E-state index in [-0.39, 0.29) is 33.5 Å². The number of benzene rings is 2. The zero-order valence-electron chi connectivity index (χ0n) is 17.6. The topological polar surface area (TPSA) is 49.3 Å². The molecule has 0 bridgehead atoms. The van der Waals surface area contributed by atoms with Crippen LogP contribution in [0.2, 0.25) is 5.02 Å². The molecular formula is C23H23ClF2N4O. The Morgan fingerprint density at radius 1 is 1.10 bits per heavy atom. The lowest BCUT2D eigenvalue weighted by Gasteiger charge is -2.35. The van der Waals surface area contributed by atoms with E-state index in [2.05, 4.69) is 9.97 Å². The average molecular weight is 445 g/mol. The summed E-state index contributed by atoms with van der Waals surface area (Å²) < 4.78 is 30.6. The summed E-state index contributed by atoms with van der Waals surface area (Å²) in [5.74, 6) is -0.633. The van der Waals surface area contributed by atoms with Gasteiger partial charge in [-0.1, -0.05) is 37.6 Å². The zero-order valence-corrected chi connectivity index (χ0v) is 18.4. The number of piperazine rings is 1. The Kier molecular flexibility index (Phi) is 5.79. The maximum atomic E-state index is 15.7. The number of hydrogen-bond donors (Lipinski definition) is 0. The van der Waals surface area contributed by atoms with Crippen LogP contribution in [0.3, 0.4) is 0 Å². The Labute approximate surface area is 184 Å². The lowest BCUT2D eigenvalue weighted by Crippen LogP contribution is -2.48. The molecule has 1 aromatic heterocycles. The van der Waals surface area contributed by atoms with Crippen molar-refractivity contribution in [1.29, 1.82) is 0 Å². The third-order valence-corrected chi connectivity index (χ3v) is 6.04. The number of carbonyl (C=O) groups is 1. The van der Waals surface area contributed by atoms with Crippen molar-refractivity contribution in [2.75, 3.05) is 31.1 Å². The van der Waals surface area contributed by atoms with Crippen molar-refractivity contribution in [1.82, 2.24) is 14.9 Å². The number of anilines is 1. The Balaban J connectivity index is 1.85. The molecule has 0 spiro atoms. The maximum Gasteiger partial charge on any atom is 0.219 e. The third-order valence-electron chi connectivity index (χ3n) is 5.74. The summed E-state index contributed by atoms with van der Waals surface area (Å²) in [6.07, 6.45) is 1.31. The van der Waals surface area contributed by atoms with Crippen molar-refractivity contribution in [3.63, 3.8) is 0 Å². The van der Waals surface area contributed by atoms with Crippen LogP contribution in [0.1, 0.15) is 32.3 Å². The summed E-state index contributed by atoms with van der Waals surface area (Å²) in [6.45, 7) is 7.64. The number of halogens is 3. The molecular weight excluding hydrogens is 422 g/mol. The second-order valence-electron chi connectivity index (χ2n) is 7.99. The molecule has 2 heterocycles. The first-order chi connectivity index (χ1) is 14.8. The molecule has 0 saturated carbocycles. The molecule has 0 unspecified atom stereocenters. The molecule has 1 aliphatic rings. The van der Waals surface area contributed by atoms with Gasteiger partial charge in [0.15, 0.2) is 5.82 Å². The monoisotopic (exact) mass is 444 g/mol. The number of amides is 1. The van der Waals surface area contributed by atoms with Gasteiger partial charge in [-0.3, -0.25) is 4.79 Å². The Morgan fingerprint density at radius 2 is 1.81 bits per heavy atom. The summed E-state index contributed by atoms with van der Waals surface area (Å²) >= 11 is 6.53. The van der Waals surface area contributed by atoms with Gasteiger partial charge in [-0.25, -0.2) is 18.7 Å². The van der Waals surface area contributed by atoms with Crippen LogP contribution in [0.25, 0.3) is 22.0 Å². The Morgan fingerprint density at radius 3 is 2.45 bits per heavy atom. The minimum atomic E-state index is -0.666. The second-order valence-corrected chi connectivity index (χ2v) is 8.40. The molecule has 3 aromatic rings. The Hall–Kier alpha value is -2.80. The first-order valence-electron chi connectivity index (χ1n) is 10.2. The quantitative estimate of drug-likeness (QED) is 0.569. The fraction of sp³-hybridized carbons (Fsp3) is 0.348. The maximum absolute atomic E-state index is 15.7. The number of nitrogens with zero attached hydrogens (tertiary/aromatic N) is 4. The van der Waals surface area contributed by atoms with E-state index in [1.165, 1.54) is 12.4 Å². The summed E-state index contributed by atoms with van der Waals surface area (Å²) in [4.78, 5) is 23.9. The lowest BCUT2D eigenvalue weighted by molar-refractivity contribution is -0.129. The molecule has 0 atom stereocenters.